The monoisotopic (exact) mass is 287 g/mol. The highest BCUT2D eigenvalue weighted by Crippen LogP contribution is 2.42. The number of halogens is 1. The highest BCUT2D eigenvalue weighted by molar-refractivity contribution is 5.77. The van der Waals surface area contributed by atoms with E-state index >= 15 is 0 Å². The van der Waals surface area contributed by atoms with Crippen LogP contribution in [0.25, 0.3) is 11.0 Å². The number of imidazole rings is 1. The first kappa shape index (κ1) is 13.3. The zero-order valence-electron chi connectivity index (χ0n) is 12.3. The van der Waals surface area contributed by atoms with Gasteiger partial charge in [-0.1, -0.05) is 25.3 Å². The van der Waals surface area contributed by atoms with Gasteiger partial charge in [-0.05, 0) is 37.8 Å². The van der Waals surface area contributed by atoms with Crippen LogP contribution in [0.2, 0.25) is 0 Å². The quantitative estimate of drug-likeness (QED) is 0.852. The van der Waals surface area contributed by atoms with Crippen molar-refractivity contribution in [1.82, 2.24) is 9.55 Å². The van der Waals surface area contributed by atoms with Crippen molar-refractivity contribution in [2.75, 3.05) is 0 Å². The molecule has 0 radical (unpaired) electrons. The normalized spacial score (nSPS) is 27.0. The minimum Gasteiger partial charge on any atom is -0.327 e. The van der Waals surface area contributed by atoms with Gasteiger partial charge in [0.15, 0.2) is 5.82 Å². The molecule has 2 fully saturated rings. The molecule has 2 aromatic rings. The molecule has 2 saturated carbocycles. The maximum atomic E-state index is 14.1. The van der Waals surface area contributed by atoms with Crippen molar-refractivity contribution >= 4 is 11.0 Å². The molecule has 0 spiro atoms. The summed E-state index contributed by atoms with van der Waals surface area (Å²) in [6.07, 6.45) is 8.15. The summed E-state index contributed by atoms with van der Waals surface area (Å²) in [5.41, 5.74) is 7.89. The van der Waals surface area contributed by atoms with Gasteiger partial charge in [-0.3, -0.25) is 0 Å². The summed E-state index contributed by atoms with van der Waals surface area (Å²) in [6, 6.07) is 5.94. The minimum atomic E-state index is -0.213. The van der Waals surface area contributed by atoms with Crippen molar-refractivity contribution < 1.29 is 4.39 Å². The van der Waals surface area contributed by atoms with E-state index < -0.39 is 0 Å². The van der Waals surface area contributed by atoms with Crippen LogP contribution in [0.1, 0.15) is 62.7 Å². The van der Waals surface area contributed by atoms with Crippen molar-refractivity contribution in [3.8, 4) is 0 Å². The second-order valence-electron chi connectivity index (χ2n) is 6.59. The maximum Gasteiger partial charge on any atom is 0.151 e. The highest BCUT2D eigenvalue weighted by atomic mass is 19.1. The second kappa shape index (κ2) is 5.09. The third-order valence-corrected chi connectivity index (χ3v) is 5.01. The Labute approximate surface area is 124 Å². The molecule has 0 aliphatic heterocycles. The Hall–Kier alpha value is -1.42. The van der Waals surface area contributed by atoms with Gasteiger partial charge in [-0.25, -0.2) is 9.37 Å². The van der Waals surface area contributed by atoms with E-state index in [2.05, 4.69) is 4.57 Å². The van der Waals surface area contributed by atoms with Crippen molar-refractivity contribution in [2.24, 2.45) is 5.73 Å². The topological polar surface area (TPSA) is 43.8 Å². The largest absolute Gasteiger partial charge is 0.327 e. The summed E-state index contributed by atoms with van der Waals surface area (Å²) in [4.78, 5) is 4.70. The Morgan fingerprint density at radius 2 is 1.90 bits per heavy atom. The predicted molar refractivity (Wildman–Crippen MR) is 81.8 cm³/mol. The minimum absolute atomic E-state index is 0.157. The lowest BCUT2D eigenvalue weighted by Gasteiger charge is -2.22. The number of benzene rings is 1. The van der Waals surface area contributed by atoms with Gasteiger partial charge in [-0.15, -0.1) is 0 Å². The molecule has 0 amide bonds. The SMILES string of the molecule is NC1CCCCCC1c1nc2c(F)cccc2n1C1CC1. The molecule has 3 nitrogen and oxygen atoms in total. The van der Waals surface area contributed by atoms with Gasteiger partial charge >= 0.3 is 0 Å². The fourth-order valence-corrected chi connectivity index (χ4v) is 3.74. The average molecular weight is 287 g/mol. The second-order valence-corrected chi connectivity index (χ2v) is 6.59. The van der Waals surface area contributed by atoms with Crippen LogP contribution in [0.4, 0.5) is 4.39 Å². The number of fused-ring (bicyclic) bond motifs is 1. The third kappa shape index (κ3) is 2.26. The van der Waals surface area contributed by atoms with Crippen LogP contribution in [0, 0.1) is 5.82 Å². The molecule has 1 heterocycles. The first-order valence-electron chi connectivity index (χ1n) is 8.17. The molecule has 4 heteroatoms. The molecule has 2 unspecified atom stereocenters. The van der Waals surface area contributed by atoms with Crippen LogP contribution in [0.15, 0.2) is 18.2 Å². The van der Waals surface area contributed by atoms with Gasteiger partial charge in [-0.2, -0.15) is 0 Å². The standard InChI is InChI=1S/C17H22FN3/c18-13-6-4-8-15-16(13)20-17(21(15)11-9-10-11)12-5-2-1-3-7-14(12)19/h4,6,8,11-12,14H,1-3,5,7,9-10,19H2. The zero-order valence-corrected chi connectivity index (χ0v) is 12.3. The first-order chi connectivity index (χ1) is 10.3. The molecule has 0 saturated heterocycles. The summed E-state index contributed by atoms with van der Waals surface area (Å²) in [5, 5.41) is 0. The van der Waals surface area contributed by atoms with E-state index in [4.69, 9.17) is 10.7 Å². The van der Waals surface area contributed by atoms with Gasteiger partial charge in [0, 0.05) is 18.0 Å². The van der Waals surface area contributed by atoms with E-state index in [1.807, 2.05) is 6.07 Å². The van der Waals surface area contributed by atoms with Gasteiger partial charge in [0.2, 0.25) is 0 Å². The number of nitrogens with zero attached hydrogens (tertiary/aromatic N) is 2. The van der Waals surface area contributed by atoms with E-state index in [0.717, 1.165) is 24.2 Å². The molecular weight excluding hydrogens is 265 g/mol. The molecule has 2 atom stereocenters. The number of nitrogens with two attached hydrogens (primary N) is 1. The van der Waals surface area contributed by atoms with Gasteiger partial charge in [0.05, 0.1) is 5.52 Å². The van der Waals surface area contributed by atoms with Gasteiger partial charge in [0.25, 0.3) is 0 Å². The lowest BCUT2D eigenvalue weighted by atomic mass is 9.94. The molecule has 4 rings (SSSR count). The molecular formula is C17H22FN3. The lowest BCUT2D eigenvalue weighted by Crippen LogP contribution is -2.29. The van der Waals surface area contributed by atoms with Crippen molar-refractivity contribution in [3.05, 3.63) is 29.8 Å². The Morgan fingerprint density at radius 1 is 1.10 bits per heavy atom. The number of hydrogen-bond acceptors (Lipinski definition) is 2. The molecule has 2 aliphatic carbocycles. The molecule has 1 aromatic heterocycles. The molecule has 1 aromatic carbocycles. The highest BCUT2D eigenvalue weighted by Gasteiger charge is 2.34. The van der Waals surface area contributed by atoms with Crippen molar-refractivity contribution in [2.45, 2.75) is 62.9 Å². The Morgan fingerprint density at radius 3 is 2.71 bits per heavy atom. The first-order valence-corrected chi connectivity index (χ1v) is 8.17. The molecule has 2 N–H and O–H groups in total. The van der Waals surface area contributed by atoms with Gasteiger partial charge < -0.3 is 10.3 Å². The maximum absolute atomic E-state index is 14.1. The number of rotatable bonds is 2. The summed E-state index contributed by atoms with van der Waals surface area (Å²) >= 11 is 0. The van der Waals surface area contributed by atoms with E-state index in [0.29, 0.717) is 11.6 Å². The Bertz CT molecular complexity index is 659. The fourth-order valence-electron chi connectivity index (χ4n) is 3.74. The Kier molecular flexibility index (Phi) is 3.21. The summed E-state index contributed by atoms with van der Waals surface area (Å²) in [6.45, 7) is 0. The summed E-state index contributed by atoms with van der Waals surface area (Å²) in [5.74, 6) is 1.10. The number of aromatic nitrogens is 2. The van der Waals surface area contributed by atoms with E-state index in [1.165, 1.54) is 38.2 Å². The third-order valence-electron chi connectivity index (χ3n) is 5.01. The Balaban J connectivity index is 1.86. The van der Waals surface area contributed by atoms with Crippen molar-refractivity contribution in [1.29, 1.82) is 0 Å². The van der Waals surface area contributed by atoms with Crippen LogP contribution in [0.5, 0.6) is 0 Å². The predicted octanol–water partition coefficient (Wildman–Crippen LogP) is 3.89. The molecule has 2 aliphatic rings. The fraction of sp³-hybridized carbons (Fsp3) is 0.588. The average Bonchev–Trinajstić information content (AvgIpc) is 3.26. The molecule has 0 bridgehead atoms. The molecule has 112 valence electrons. The summed E-state index contributed by atoms with van der Waals surface area (Å²) < 4.78 is 16.4. The van der Waals surface area contributed by atoms with Crippen LogP contribution in [-0.2, 0) is 0 Å². The smallest absolute Gasteiger partial charge is 0.151 e. The number of hydrogen-bond donors (Lipinski definition) is 1. The summed E-state index contributed by atoms with van der Waals surface area (Å²) in [7, 11) is 0. The van der Waals surface area contributed by atoms with E-state index in [9.17, 15) is 4.39 Å². The van der Waals surface area contributed by atoms with E-state index in [-0.39, 0.29) is 17.8 Å². The lowest BCUT2D eigenvalue weighted by molar-refractivity contribution is 0.465. The van der Waals surface area contributed by atoms with Crippen LogP contribution < -0.4 is 5.73 Å². The van der Waals surface area contributed by atoms with Crippen LogP contribution >= 0.6 is 0 Å². The molecule has 21 heavy (non-hydrogen) atoms. The van der Waals surface area contributed by atoms with Crippen LogP contribution in [0.3, 0.4) is 0 Å². The van der Waals surface area contributed by atoms with E-state index in [1.54, 1.807) is 6.07 Å². The van der Waals surface area contributed by atoms with Crippen LogP contribution in [-0.4, -0.2) is 15.6 Å². The van der Waals surface area contributed by atoms with Gasteiger partial charge in [0.1, 0.15) is 11.3 Å². The number of para-hydroxylation sites is 1. The zero-order chi connectivity index (χ0) is 14.4. The van der Waals surface area contributed by atoms with Crippen molar-refractivity contribution in [3.63, 3.8) is 0 Å².